The van der Waals surface area contributed by atoms with Crippen LogP contribution in [0.25, 0.3) is 0 Å². The van der Waals surface area contributed by atoms with Gasteiger partial charge in [0.15, 0.2) is 0 Å². The zero-order chi connectivity index (χ0) is 20.3. The van der Waals surface area contributed by atoms with Crippen molar-refractivity contribution in [3.8, 4) is 0 Å². The van der Waals surface area contributed by atoms with E-state index >= 15 is 0 Å². The van der Waals surface area contributed by atoms with Gasteiger partial charge in [0.1, 0.15) is 0 Å². The van der Waals surface area contributed by atoms with Crippen LogP contribution in [-0.4, -0.2) is 66.8 Å². The summed E-state index contributed by atoms with van der Waals surface area (Å²) in [6.07, 6.45) is 4.88. The molecule has 3 rings (SSSR count). The Morgan fingerprint density at radius 2 is 1.64 bits per heavy atom. The van der Waals surface area contributed by atoms with Crippen molar-refractivity contribution in [2.45, 2.75) is 38.1 Å². The fourth-order valence-electron chi connectivity index (χ4n) is 3.68. The summed E-state index contributed by atoms with van der Waals surface area (Å²) in [6.45, 7) is 0.553. The van der Waals surface area contributed by atoms with Gasteiger partial charge in [0.05, 0.1) is 11.1 Å². The van der Waals surface area contributed by atoms with Crippen LogP contribution in [0.3, 0.4) is 0 Å². The highest BCUT2D eigenvalue weighted by molar-refractivity contribution is 6.22. The molecule has 1 heterocycles. The topological polar surface area (TPSA) is 98.8 Å². The second-order valence-electron chi connectivity index (χ2n) is 7.41. The number of amides is 5. The summed E-state index contributed by atoms with van der Waals surface area (Å²) in [4.78, 5) is 52.1. The summed E-state index contributed by atoms with van der Waals surface area (Å²) in [6, 6.07) is 4.33. The minimum atomic E-state index is -0.349. The van der Waals surface area contributed by atoms with Crippen LogP contribution in [0.5, 0.6) is 0 Å². The Labute approximate surface area is 164 Å². The number of imide groups is 1. The summed E-state index contributed by atoms with van der Waals surface area (Å²) in [7, 11) is 3.26. The van der Waals surface area contributed by atoms with Crippen LogP contribution in [0, 0.1) is 0 Å². The third-order valence-corrected chi connectivity index (χ3v) is 5.21. The average molecular weight is 386 g/mol. The van der Waals surface area contributed by atoms with Crippen molar-refractivity contribution < 1.29 is 19.2 Å². The zero-order valence-electron chi connectivity index (χ0n) is 16.3. The van der Waals surface area contributed by atoms with E-state index in [1.807, 2.05) is 0 Å². The van der Waals surface area contributed by atoms with E-state index in [-0.39, 0.29) is 36.3 Å². The Balaban J connectivity index is 1.63. The minimum Gasteiger partial charge on any atom is -0.350 e. The van der Waals surface area contributed by atoms with Crippen LogP contribution in [-0.2, 0) is 0 Å². The molecular weight excluding hydrogens is 360 g/mol. The van der Waals surface area contributed by atoms with Gasteiger partial charge in [-0.25, -0.2) is 4.79 Å². The van der Waals surface area contributed by atoms with Gasteiger partial charge in [-0.2, -0.15) is 0 Å². The van der Waals surface area contributed by atoms with Crippen LogP contribution in [0.1, 0.15) is 63.2 Å². The summed E-state index contributed by atoms with van der Waals surface area (Å²) >= 11 is 0. The number of rotatable bonds is 5. The van der Waals surface area contributed by atoms with Gasteiger partial charge < -0.3 is 15.5 Å². The predicted octanol–water partition coefficient (Wildman–Crippen LogP) is 1.62. The van der Waals surface area contributed by atoms with E-state index in [0.29, 0.717) is 23.2 Å². The van der Waals surface area contributed by atoms with E-state index < -0.39 is 0 Å². The Hall–Kier alpha value is -2.90. The van der Waals surface area contributed by atoms with Crippen LogP contribution in [0.2, 0.25) is 0 Å². The molecule has 5 amide bonds. The number of hydrogen-bond acceptors (Lipinski definition) is 4. The van der Waals surface area contributed by atoms with Gasteiger partial charge in [-0.3, -0.25) is 19.3 Å². The highest BCUT2D eigenvalue weighted by Crippen LogP contribution is 2.31. The van der Waals surface area contributed by atoms with Gasteiger partial charge in [-0.1, -0.05) is 19.3 Å². The molecule has 0 aromatic heterocycles. The molecule has 1 saturated carbocycles. The highest BCUT2D eigenvalue weighted by atomic mass is 16.2. The molecule has 0 bridgehead atoms. The number of urea groups is 1. The first-order valence-corrected chi connectivity index (χ1v) is 9.65. The van der Waals surface area contributed by atoms with Gasteiger partial charge in [-0.05, 0) is 31.0 Å². The number of carbonyl (C=O) groups excluding carboxylic acids is 4. The standard InChI is InChI=1S/C20H26N4O4/c1-23(2)20(28)22-11-10-21-17(25)13-8-9-15-16(12-13)19(27)24(18(15)26)14-6-4-3-5-7-14/h8-9,12,14H,3-7,10-11H2,1-2H3,(H,21,25)(H,22,28). The van der Waals surface area contributed by atoms with Crippen molar-refractivity contribution in [1.82, 2.24) is 20.4 Å². The molecule has 0 saturated heterocycles. The maximum atomic E-state index is 12.8. The molecule has 2 N–H and O–H groups in total. The number of carbonyl (C=O) groups is 4. The summed E-state index contributed by atoms with van der Waals surface area (Å²) in [5.41, 5.74) is 0.985. The first kappa shape index (κ1) is 19.9. The molecule has 1 aromatic rings. The van der Waals surface area contributed by atoms with Crippen molar-refractivity contribution in [2.24, 2.45) is 0 Å². The molecular formula is C20H26N4O4. The minimum absolute atomic E-state index is 0.0428. The van der Waals surface area contributed by atoms with E-state index in [4.69, 9.17) is 0 Å². The van der Waals surface area contributed by atoms with E-state index in [9.17, 15) is 19.2 Å². The SMILES string of the molecule is CN(C)C(=O)NCCNC(=O)c1ccc2c(c1)C(=O)N(C1CCCCC1)C2=O. The fraction of sp³-hybridized carbons (Fsp3) is 0.500. The third kappa shape index (κ3) is 4.00. The van der Waals surface area contributed by atoms with E-state index in [0.717, 1.165) is 32.1 Å². The molecule has 150 valence electrons. The number of fused-ring (bicyclic) bond motifs is 1. The molecule has 28 heavy (non-hydrogen) atoms. The Bertz CT molecular complexity index is 799. The molecule has 8 nitrogen and oxygen atoms in total. The molecule has 0 unspecified atom stereocenters. The quantitative estimate of drug-likeness (QED) is 0.593. The Morgan fingerprint density at radius 3 is 2.32 bits per heavy atom. The first-order valence-electron chi connectivity index (χ1n) is 9.65. The molecule has 0 radical (unpaired) electrons. The lowest BCUT2D eigenvalue weighted by Crippen LogP contribution is -2.40. The van der Waals surface area contributed by atoms with E-state index in [1.54, 1.807) is 26.2 Å². The summed E-state index contributed by atoms with van der Waals surface area (Å²) in [5, 5.41) is 5.36. The van der Waals surface area contributed by atoms with Crippen molar-refractivity contribution in [1.29, 1.82) is 0 Å². The van der Waals surface area contributed by atoms with Gasteiger partial charge >= 0.3 is 6.03 Å². The lowest BCUT2D eigenvalue weighted by atomic mass is 9.94. The third-order valence-electron chi connectivity index (χ3n) is 5.21. The van der Waals surface area contributed by atoms with Gasteiger partial charge in [0, 0.05) is 38.8 Å². The molecule has 2 aliphatic rings. The van der Waals surface area contributed by atoms with Crippen molar-refractivity contribution >= 4 is 23.8 Å². The molecule has 0 spiro atoms. The number of hydrogen-bond donors (Lipinski definition) is 2. The smallest absolute Gasteiger partial charge is 0.316 e. The maximum Gasteiger partial charge on any atom is 0.316 e. The first-order chi connectivity index (χ1) is 13.4. The van der Waals surface area contributed by atoms with Gasteiger partial charge in [-0.15, -0.1) is 0 Å². The van der Waals surface area contributed by atoms with Crippen molar-refractivity contribution in [2.75, 3.05) is 27.2 Å². The Kier molecular flexibility index (Phi) is 5.96. The predicted molar refractivity (Wildman–Crippen MR) is 103 cm³/mol. The molecule has 1 fully saturated rings. The zero-order valence-corrected chi connectivity index (χ0v) is 16.3. The normalized spacial score (nSPS) is 16.7. The fourth-order valence-corrected chi connectivity index (χ4v) is 3.68. The number of benzene rings is 1. The van der Waals surface area contributed by atoms with Crippen molar-refractivity contribution in [3.05, 3.63) is 34.9 Å². The second-order valence-corrected chi connectivity index (χ2v) is 7.41. The van der Waals surface area contributed by atoms with Crippen molar-refractivity contribution in [3.63, 3.8) is 0 Å². The average Bonchev–Trinajstić information content (AvgIpc) is 2.95. The van der Waals surface area contributed by atoms with Gasteiger partial charge in [0.25, 0.3) is 17.7 Å². The molecule has 1 aliphatic carbocycles. The number of nitrogens with one attached hydrogen (secondary N) is 2. The van der Waals surface area contributed by atoms with Crippen LogP contribution < -0.4 is 10.6 Å². The maximum absolute atomic E-state index is 12.8. The highest BCUT2D eigenvalue weighted by Gasteiger charge is 2.40. The lowest BCUT2D eigenvalue weighted by Gasteiger charge is -2.29. The van der Waals surface area contributed by atoms with Crippen LogP contribution >= 0.6 is 0 Å². The van der Waals surface area contributed by atoms with E-state index in [2.05, 4.69) is 10.6 Å². The van der Waals surface area contributed by atoms with E-state index in [1.165, 1.54) is 15.9 Å². The Morgan fingerprint density at radius 1 is 1.00 bits per heavy atom. The summed E-state index contributed by atoms with van der Waals surface area (Å²) in [5.74, 6) is -0.914. The number of nitrogens with zero attached hydrogens (tertiary/aromatic N) is 2. The van der Waals surface area contributed by atoms with Gasteiger partial charge in [0.2, 0.25) is 0 Å². The molecule has 0 atom stereocenters. The van der Waals surface area contributed by atoms with Crippen LogP contribution in [0.4, 0.5) is 4.79 Å². The largest absolute Gasteiger partial charge is 0.350 e. The summed E-state index contributed by atoms with van der Waals surface area (Å²) < 4.78 is 0. The lowest BCUT2D eigenvalue weighted by molar-refractivity contribution is 0.0548. The van der Waals surface area contributed by atoms with Crippen LogP contribution in [0.15, 0.2) is 18.2 Å². The molecule has 1 aliphatic heterocycles. The molecule has 8 heteroatoms. The second kappa shape index (κ2) is 8.41. The monoisotopic (exact) mass is 386 g/mol. The molecule has 1 aromatic carbocycles.